The van der Waals surface area contributed by atoms with E-state index in [-0.39, 0.29) is 23.9 Å². The highest BCUT2D eigenvalue weighted by Crippen LogP contribution is 2.18. The van der Waals surface area contributed by atoms with Gasteiger partial charge in [0, 0.05) is 36.8 Å². The van der Waals surface area contributed by atoms with Gasteiger partial charge in [-0.3, -0.25) is 4.79 Å². The predicted octanol–water partition coefficient (Wildman–Crippen LogP) is 1.56. The highest BCUT2D eigenvalue weighted by atomic mass is 16.2. The van der Waals surface area contributed by atoms with Crippen LogP contribution in [0.2, 0.25) is 0 Å². The number of piperidine rings is 1. The maximum Gasteiger partial charge on any atom is 0.242 e. The predicted molar refractivity (Wildman–Crippen MR) is 86.6 cm³/mol. The number of amides is 1. The second kappa shape index (κ2) is 6.77. The van der Waals surface area contributed by atoms with Gasteiger partial charge in [-0.1, -0.05) is 26.0 Å². The average Bonchev–Trinajstić information content (AvgIpc) is 2.87. The zero-order chi connectivity index (χ0) is 16.3. The fourth-order valence-electron chi connectivity index (χ4n) is 2.70. The van der Waals surface area contributed by atoms with E-state index in [0.29, 0.717) is 6.04 Å². The van der Waals surface area contributed by atoms with E-state index in [9.17, 15) is 4.79 Å². The van der Waals surface area contributed by atoms with Gasteiger partial charge in [0.2, 0.25) is 5.91 Å². The third-order valence-electron chi connectivity index (χ3n) is 4.24. The molecule has 0 spiro atoms. The van der Waals surface area contributed by atoms with Crippen molar-refractivity contribution in [3.8, 4) is 0 Å². The Hall–Kier alpha value is -1.43. The van der Waals surface area contributed by atoms with Crippen molar-refractivity contribution in [2.24, 2.45) is 0 Å². The summed E-state index contributed by atoms with van der Waals surface area (Å²) in [5.41, 5.74) is 0.865. The van der Waals surface area contributed by atoms with Crippen LogP contribution in [0.25, 0.3) is 0 Å². The molecule has 1 amide bonds. The van der Waals surface area contributed by atoms with Crippen LogP contribution >= 0.6 is 0 Å². The summed E-state index contributed by atoms with van der Waals surface area (Å²) in [4.78, 5) is 14.6. The Morgan fingerprint density at radius 2 is 2.00 bits per heavy atom. The topological polar surface area (TPSA) is 63.1 Å². The molecule has 22 heavy (non-hydrogen) atoms. The second-order valence-corrected chi connectivity index (χ2v) is 7.52. The van der Waals surface area contributed by atoms with E-state index < -0.39 is 0 Å². The number of nitrogens with one attached hydrogen (secondary N) is 1. The standard InChI is InChI=1S/C16H29N5O/c1-12(2)20-8-6-13(7-9-20)17-15(22)11-21-10-14(18-19-21)16(3,4)5/h10,12-13H,6-9,11H2,1-5H3,(H,17,22). The molecule has 1 aliphatic rings. The molecule has 0 aliphatic carbocycles. The Labute approximate surface area is 133 Å². The van der Waals surface area contributed by atoms with Gasteiger partial charge in [0.25, 0.3) is 0 Å². The van der Waals surface area contributed by atoms with Crippen LogP contribution in [0.3, 0.4) is 0 Å². The van der Waals surface area contributed by atoms with Crippen molar-refractivity contribution in [3.63, 3.8) is 0 Å². The largest absolute Gasteiger partial charge is 0.352 e. The van der Waals surface area contributed by atoms with Crippen LogP contribution in [0, 0.1) is 0 Å². The van der Waals surface area contributed by atoms with Crippen LogP contribution in [0.4, 0.5) is 0 Å². The van der Waals surface area contributed by atoms with Crippen molar-refractivity contribution in [1.29, 1.82) is 0 Å². The third-order valence-corrected chi connectivity index (χ3v) is 4.24. The minimum Gasteiger partial charge on any atom is -0.352 e. The van der Waals surface area contributed by atoms with Crippen LogP contribution in [0.1, 0.15) is 53.2 Å². The molecule has 1 N–H and O–H groups in total. The molecule has 1 saturated heterocycles. The number of hydrogen-bond acceptors (Lipinski definition) is 4. The SMILES string of the molecule is CC(C)N1CCC(NC(=O)Cn2cc(C(C)(C)C)nn2)CC1. The van der Waals surface area contributed by atoms with Crippen LogP contribution in [0.15, 0.2) is 6.20 Å². The van der Waals surface area contributed by atoms with Gasteiger partial charge >= 0.3 is 0 Å². The number of aromatic nitrogens is 3. The first-order valence-electron chi connectivity index (χ1n) is 8.19. The van der Waals surface area contributed by atoms with Gasteiger partial charge in [-0.2, -0.15) is 0 Å². The van der Waals surface area contributed by atoms with Crippen molar-refractivity contribution in [3.05, 3.63) is 11.9 Å². The van der Waals surface area contributed by atoms with Gasteiger partial charge in [0.15, 0.2) is 0 Å². The van der Waals surface area contributed by atoms with Gasteiger partial charge in [0.1, 0.15) is 6.54 Å². The normalized spacial score (nSPS) is 17.9. The van der Waals surface area contributed by atoms with E-state index in [0.717, 1.165) is 31.6 Å². The quantitative estimate of drug-likeness (QED) is 0.917. The lowest BCUT2D eigenvalue weighted by Gasteiger charge is -2.34. The molecule has 124 valence electrons. The third kappa shape index (κ3) is 4.53. The first kappa shape index (κ1) is 16.9. The zero-order valence-electron chi connectivity index (χ0n) is 14.5. The Bertz CT molecular complexity index is 495. The summed E-state index contributed by atoms with van der Waals surface area (Å²) in [6, 6.07) is 0.871. The maximum absolute atomic E-state index is 12.1. The summed E-state index contributed by atoms with van der Waals surface area (Å²) in [5.74, 6) is 0.0216. The lowest BCUT2D eigenvalue weighted by molar-refractivity contribution is -0.122. The van der Waals surface area contributed by atoms with E-state index in [1.807, 2.05) is 6.20 Å². The number of nitrogens with zero attached hydrogens (tertiary/aromatic N) is 4. The van der Waals surface area contributed by atoms with Gasteiger partial charge in [-0.05, 0) is 26.7 Å². The van der Waals surface area contributed by atoms with Crippen molar-refractivity contribution in [2.75, 3.05) is 13.1 Å². The lowest BCUT2D eigenvalue weighted by Crippen LogP contribution is -2.47. The van der Waals surface area contributed by atoms with Gasteiger partial charge in [0.05, 0.1) is 5.69 Å². The lowest BCUT2D eigenvalue weighted by atomic mass is 9.93. The van der Waals surface area contributed by atoms with Crippen molar-refractivity contribution in [2.45, 2.75) is 71.5 Å². The van der Waals surface area contributed by atoms with Crippen LogP contribution in [-0.2, 0) is 16.8 Å². The molecule has 0 aromatic carbocycles. The Morgan fingerprint density at radius 3 is 2.50 bits per heavy atom. The molecule has 1 aromatic rings. The first-order chi connectivity index (χ1) is 10.3. The average molecular weight is 307 g/mol. The molecule has 2 heterocycles. The minimum atomic E-state index is -0.0433. The molecule has 0 unspecified atom stereocenters. The zero-order valence-corrected chi connectivity index (χ0v) is 14.5. The molecule has 1 aliphatic heterocycles. The summed E-state index contributed by atoms with van der Waals surface area (Å²) in [6.07, 6.45) is 3.91. The fraction of sp³-hybridized carbons (Fsp3) is 0.812. The van der Waals surface area contributed by atoms with Gasteiger partial charge in [-0.25, -0.2) is 4.68 Å². The van der Waals surface area contributed by atoms with E-state index >= 15 is 0 Å². The first-order valence-corrected chi connectivity index (χ1v) is 8.19. The highest BCUT2D eigenvalue weighted by Gasteiger charge is 2.23. The number of likely N-dealkylation sites (tertiary alicyclic amines) is 1. The summed E-state index contributed by atoms with van der Waals surface area (Å²) in [7, 11) is 0. The molecule has 6 heteroatoms. The van der Waals surface area contributed by atoms with E-state index in [1.54, 1.807) is 4.68 Å². The summed E-state index contributed by atoms with van der Waals surface area (Å²) in [5, 5.41) is 11.3. The number of hydrogen-bond donors (Lipinski definition) is 1. The smallest absolute Gasteiger partial charge is 0.242 e. The minimum absolute atomic E-state index is 0.0216. The summed E-state index contributed by atoms with van der Waals surface area (Å²) in [6.45, 7) is 13.1. The molecule has 2 rings (SSSR count). The summed E-state index contributed by atoms with van der Waals surface area (Å²) < 4.78 is 1.62. The molecule has 6 nitrogen and oxygen atoms in total. The number of rotatable bonds is 4. The fourth-order valence-corrected chi connectivity index (χ4v) is 2.70. The van der Waals surface area contributed by atoms with Gasteiger partial charge < -0.3 is 10.2 Å². The molecular formula is C16H29N5O. The van der Waals surface area contributed by atoms with Gasteiger partial charge in [-0.15, -0.1) is 5.10 Å². The van der Waals surface area contributed by atoms with Crippen molar-refractivity contribution >= 4 is 5.91 Å². The van der Waals surface area contributed by atoms with Crippen LogP contribution in [0.5, 0.6) is 0 Å². The Balaban J connectivity index is 1.80. The molecular weight excluding hydrogens is 278 g/mol. The van der Waals surface area contributed by atoms with E-state index in [1.165, 1.54) is 0 Å². The van der Waals surface area contributed by atoms with E-state index in [2.05, 4.69) is 55.1 Å². The molecule has 1 fully saturated rings. The van der Waals surface area contributed by atoms with Crippen LogP contribution in [-0.4, -0.2) is 51.0 Å². The molecule has 0 saturated carbocycles. The highest BCUT2D eigenvalue weighted by molar-refractivity contribution is 5.75. The van der Waals surface area contributed by atoms with Crippen LogP contribution < -0.4 is 5.32 Å². The molecule has 0 radical (unpaired) electrons. The Kier molecular flexibility index (Phi) is 5.21. The van der Waals surface area contributed by atoms with Crippen molar-refractivity contribution in [1.82, 2.24) is 25.2 Å². The maximum atomic E-state index is 12.1. The van der Waals surface area contributed by atoms with E-state index in [4.69, 9.17) is 0 Å². The molecule has 1 aromatic heterocycles. The number of carbonyl (C=O) groups is 1. The van der Waals surface area contributed by atoms with Crippen molar-refractivity contribution < 1.29 is 4.79 Å². The molecule has 0 atom stereocenters. The molecule has 0 bridgehead atoms. The Morgan fingerprint density at radius 1 is 1.36 bits per heavy atom. The summed E-state index contributed by atoms with van der Waals surface area (Å²) >= 11 is 0. The number of carbonyl (C=O) groups excluding carboxylic acids is 1. The monoisotopic (exact) mass is 307 g/mol. The second-order valence-electron chi connectivity index (χ2n) is 7.52.